The number of benzene rings is 1. The zero-order valence-electron chi connectivity index (χ0n) is 16.5. The minimum absolute atomic E-state index is 0.0559. The number of carbonyl (C=O) groups excluding carboxylic acids is 2. The monoisotopic (exact) mass is 419 g/mol. The molecule has 2 rings (SSSR count). The minimum atomic E-state index is -3.34. The van der Waals surface area contributed by atoms with Crippen molar-refractivity contribution in [2.75, 3.05) is 13.6 Å². The highest BCUT2D eigenvalue weighted by Gasteiger charge is 2.46. The van der Waals surface area contributed by atoms with Gasteiger partial charge >= 0.3 is 0 Å². The summed E-state index contributed by atoms with van der Waals surface area (Å²) in [6.45, 7) is 1.62. The van der Waals surface area contributed by atoms with Crippen LogP contribution in [0.5, 0.6) is 0 Å². The Labute approximate surface area is 173 Å². The van der Waals surface area contributed by atoms with Gasteiger partial charge in [0.05, 0.1) is 0 Å². The van der Waals surface area contributed by atoms with Crippen LogP contribution in [0, 0.1) is 35.5 Å². The molecule has 0 aliphatic heterocycles. The Morgan fingerprint density at radius 1 is 1.27 bits per heavy atom. The molecule has 1 aliphatic rings. The van der Waals surface area contributed by atoms with Crippen molar-refractivity contribution in [1.82, 2.24) is 16.1 Å². The second kappa shape index (κ2) is 10.2. The van der Waals surface area contributed by atoms with Gasteiger partial charge < -0.3 is 15.7 Å². The highest BCUT2D eigenvalue weighted by Crippen LogP contribution is 2.36. The van der Waals surface area contributed by atoms with Crippen molar-refractivity contribution in [2.24, 2.45) is 11.8 Å². The molecule has 0 saturated heterocycles. The van der Waals surface area contributed by atoms with E-state index in [-0.39, 0.29) is 5.56 Å². The van der Waals surface area contributed by atoms with Crippen LogP contribution in [0.2, 0.25) is 0 Å². The van der Waals surface area contributed by atoms with Gasteiger partial charge in [-0.15, -0.1) is 0 Å². The molecule has 0 bridgehead atoms. The molecule has 0 heterocycles. The molecule has 2 amide bonds. The molecule has 1 aliphatic carbocycles. The van der Waals surface area contributed by atoms with E-state index in [2.05, 4.69) is 29.0 Å². The molecule has 0 spiro atoms. The van der Waals surface area contributed by atoms with Gasteiger partial charge in [0.1, 0.15) is 6.04 Å². The van der Waals surface area contributed by atoms with Gasteiger partial charge in [-0.05, 0) is 69.0 Å². The molecule has 3 unspecified atom stereocenters. The first kappa shape index (κ1) is 23.3. The summed E-state index contributed by atoms with van der Waals surface area (Å²) in [6.07, 6.45) is -2.28. The van der Waals surface area contributed by atoms with E-state index in [0.717, 1.165) is 18.4 Å². The minimum Gasteiger partial charge on any atom is -0.381 e. The summed E-state index contributed by atoms with van der Waals surface area (Å²) in [5, 5.41) is 23.7. The fourth-order valence-corrected chi connectivity index (χ4v) is 2.73. The summed E-state index contributed by atoms with van der Waals surface area (Å²) in [4.78, 5) is 23.9. The van der Waals surface area contributed by atoms with E-state index in [4.69, 9.17) is 5.21 Å². The Bertz CT molecular complexity index is 895. The van der Waals surface area contributed by atoms with Crippen LogP contribution in [0.3, 0.4) is 0 Å². The Balaban J connectivity index is 2.02. The molecule has 1 fully saturated rings. The summed E-state index contributed by atoms with van der Waals surface area (Å²) < 4.78 is 26.1. The number of rotatable bonds is 7. The molecule has 160 valence electrons. The van der Waals surface area contributed by atoms with E-state index in [0.29, 0.717) is 24.3 Å². The maximum atomic E-state index is 13.0. The number of hydrogen-bond donors (Lipinski definition) is 5. The van der Waals surface area contributed by atoms with E-state index in [1.54, 1.807) is 0 Å². The number of carbonyl (C=O) groups is 2. The van der Waals surface area contributed by atoms with E-state index in [1.807, 2.05) is 12.4 Å². The predicted molar refractivity (Wildman–Crippen MR) is 104 cm³/mol. The Morgan fingerprint density at radius 2 is 1.93 bits per heavy atom. The fourth-order valence-electron chi connectivity index (χ4n) is 2.73. The topological polar surface area (TPSA) is 111 Å². The van der Waals surface area contributed by atoms with Crippen LogP contribution >= 0.6 is 0 Å². The van der Waals surface area contributed by atoms with Crippen LogP contribution in [0.4, 0.5) is 8.78 Å². The van der Waals surface area contributed by atoms with Gasteiger partial charge in [-0.3, -0.25) is 14.8 Å². The van der Waals surface area contributed by atoms with Crippen molar-refractivity contribution in [3.63, 3.8) is 0 Å². The van der Waals surface area contributed by atoms with Crippen molar-refractivity contribution >= 4 is 11.8 Å². The molecular formula is C21H23F2N3O4. The molecule has 1 aromatic rings. The number of aliphatic hydroxyl groups is 1. The van der Waals surface area contributed by atoms with Crippen molar-refractivity contribution in [2.45, 2.75) is 31.4 Å². The molecule has 5 N–H and O–H groups in total. The van der Waals surface area contributed by atoms with Gasteiger partial charge in [-0.25, -0.2) is 14.3 Å². The van der Waals surface area contributed by atoms with Crippen molar-refractivity contribution < 1.29 is 28.7 Å². The van der Waals surface area contributed by atoms with Crippen LogP contribution in [-0.2, 0) is 4.79 Å². The second-order valence-electron chi connectivity index (χ2n) is 7.17. The van der Waals surface area contributed by atoms with Crippen molar-refractivity contribution in [1.29, 1.82) is 0 Å². The molecule has 4 atom stereocenters. The van der Waals surface area contributed by atoms with Gasteiger partial charge in [0.15, 0.2) is 5.60 Å². The lowest BCUT2D eigenvalue weighted by Gasteiger charge is -2.30. The predicted octanol–water partition coefficient (Wildman–Crippen LogP) is 0.517. The number of alkyl halides is 2. The summed E-state index contributed by atoms with van der Waals surface area (Å²) in [5.74, 6) is 10.2. The van der Waals surface area contributed by atoms with Crippen LogP contribution in [0.15, 0.2) is 24.3 Å². The van der Waals surface area contributed by atoms with E-state index in [1.165, 1.54) is 24.3 Å². The normalized spacial score (nSPS) is 20.0. The standard InChI is InChI=1S/C21H23F2N3O4/c1-21(29,20(22)23)17(19(28)26-30)25-18(27)14-9-7-13(8-10-14)5-3-4-6-15-11-16(15)12-24-2/h7-10,15-17,20,24,29-30H,11-12H2,1-2H3,(H,25,27)(H,26,28)/t15?,16?,17-,21?/m1/s1. The molecule has 9 heteroatoms. The molecule has 30 heavy (non-hydrogen) atoms. The average Bonchev–Trinajstić information content (AvgIpc) is 3.47. The lowest BCUT2D eigenvalue weighted by atomic mass is 9.95. The average molecular weight is 419 g/mol. The number of hydroxylamine groups is 1. The van der Waals surface area contributed by atoms with Crippen LogP contribution in [0.25, 0.3) is 0 Å². The largest absolute Gasteiger partial charge is 0.381 e. The lowest BCUT2D eigenvalue weighted by Crippen LogP contribution is -2.61. The van der Waals surface area contributed by atoms with Gasteiger partial charge in [0.2, 0.25) is 0 Å². The van der Waals surface area contributed by atoms with Gasteiger partial charge in [0.25, 0.3) is 18.2 Å². The third kappa shape index (κ3) is 6.01. The first-order chi connectivity index (χ1) is 14.2. The molecule has 7 nitrogen and oxygen atoms in total. The zero-order valence-corrected chi connectivity index (χ0v) is 16.5. The molecule has 0 radical (unpaired) electrons. The van der Waals surface area contributed by atoms with Gasteiger partial charge in [-0.2, -0.15) is 0 Å². The summed E-state index contributed by atoms with van der Waals surface area (Å²) in [6, 6.07) is 3.79. The highest BCUT2D eigenvalue weighted by molar-refractivity contribution is 5.97. The summed E-state index contributed by atoms with van der Waals surface area (Å²) in [7, 11) is 1.90. The van der Waals surface area contributed by atoms with Crippen molar-refractivity contribution in [3.05, 3.63) is 35.4 Å². The SMILES string of the molecule is CNCC1CC1C#CC#Cc1ccc(C(=O)N[C@H](C(=O)NO)C(C)(O)C(F)F)cc1. The van der Waals surface area contributed by atoms with E-state index in [9.17, 15) is 23.5 Å². The fraction of sp³-hybridized carbons (Fsp3) is 0.429. The van der Waals surface area contributed by atoms with Crippen LogP contribution in [0.1, 0.15) is 29.3 Å². The number of amides is 2. The Morgan fingerprint density at radius 3 is 2.50 bits per heavy atom. The Hall–Kier alpha value is -2.98. The second-order valence-corrected chi connectivity index (χ2v) is 7.17. The summed E-state index contributed by atoms with van der Waals surface area (Å²) >= 11 is 0. The quantitative estimate of drug-likeness (QED) is 0.251. The first-order valence-corrected chi connectivity index (χ1v) is 9.22. The first-order valence-electron chi connectivity index (χ1n) is 9.22. The number of hydrogen-bond acceptors (Lipinski definition) is 5. The molecule has 0 aromatic heterocycles. The maximum Gasteiger partial charge on any atom is 0.269 e. The third-order valence-electron chi connectivity index (χ3n) is 4.74. The third-order valence-corrected chi connectivity index (χ3v) is 4.74. The number of halogens is 2. The highest BCUT2D eigenvalue weighted by atomic mass is 19.3. The van der Waals surface area contributed by atoms with Gasteiger partial charge in [-0.1, -0.05) is 11.8 Å². The van der Waals surface area contributed by atoms with E-state index >= 15 is 0 Å². The molecule has 1 saturated carbocycles. The van der Waals surface area contributed by atoms with Crippen LogP contribution < -0.4 is 16.1 Å². The van der Waals surface area contributed by atoms with Gasteiger partial charge in [0, 0.05) is 17.0 Å². The lowest BCUT2D eigenvalue weighted by molar-refractivity contribution is -0.149. The zero-order chi connectivity index (χ0) is 22.3. The van der Waals surface area contributed by atoms with Crippen LogP contribution in [-0.4, -0.2) is 53.8 Å². The molecular weight excluding hydrogens is 396 g/mol. The maximum absolute atomic E-state index is 13.0. The van der Waals surface area contributed by atoms with E-state index < -0.39 is 29.9 Å². The summed E-state index contributed by atoms with van der Waals surface area (Å²) in [5.41, 5.74) is -1.08. The van der Waals surface area contributed by atoms with Crippen molar-refractivity contribution in [3.8, 4) is 23.7 Å². The molecule has 1 aromatic carbocycles. The Kier molecular flexibility index (Phi) is 7.90. The smallest absolute Gasteiger partial charge is 0.269 e. The number of nitrogens with one attached hydrogen (secondary N) is 3.